The lowest BCUT2D eigenvalue weighted by Gasteiger charge is -2.17. The molecular weight excluding hydrogens is 352 g/mol. The van der Waals surface area contributed by atoms with E-state index < -0.39 is 15.7 Å². The molecule has 0 aliphatic carbocycles. The first-order valence-corrected chi connectivity index (χ1v) is 10.1. The highest BCUT2D eigenvalue weighted by molar-refractivity contribution is 7.90. The first-order valence-electron chi connectivity index (χ1n) is 8.31. The van der Waals surface area contributed by atoms with Gasteiger partial charge >= 0.3 is 0 Å². The summed E-state index contributed by atoms with van der Waals surface area (Å²) < 4.78 is 26.3. The number of nitrogens with zero attached hydrogens (tertiary/aromatic N) is 1. The van der Waals surface area contributed by atoms with Gasteiger partial charge in [-0.1, -0.05) is 30.3 Å². The molecule has 6 nitrogen and oxygen atoms in total. The van der Waals surface area contributed by atoms with Crippen LogP contribution in [-0.2, 0) is 28.6 Å². The number of aromatic nitrogens is 1. The van der Waals surface area contributed by atoms with Gasteiger partial charge in [-0.15, -0.1) is 0 Å². The summed E-state index contributed by atoms with van der Waals surface area (Å²) >= 11 is 0. The van der Waals surface area contributed by atoms with E-state index in [1.54, 1.807) is 23.7 Å². The standard InChI is InChI=1S/C19H18N2O4S/c22-19(20-23)14-5-3-4-13(10-14)11-21-17-7-2-1-6-15(17)16-12-26(24,25)9-8-18(16)21/h1-7,10,23H,8-9,11-12H2,(H,20,22). The summed E-state index contributed by atoms with van der Waals surface area (Å²) in [5.41, 5.74) is 5.84. The molecule has 0 spiro atoms. The highest BCUT2D eigenvalue weighted by Crippen LogP contribution is 2.32. The summed E-state index contributed by atoms with van der Waals surface area (Å²) in [5.74, 6) is -0.330. The Morgan fingerprint density at radius 1 is 1.15 bits per heavy atom. The minimum absolute atomic E-state index is 0.0722. The number of amides is 1. The number of rotatable bonds is 3. The number of hydrogen-bond acceptors (Lipinski definition) is 4. The number of para-hydroxylation sites is 1. The molecule has 1 amide bonds. The van der Waals surface area contributed by atoms with Crippen molar-refractivity contribution < 1.29 is 18.4 Å². The Balaban J connectivity index is 1.82. The van der Waals surface area contributed by atoms with E-state index in [1.165, 1.54) is 0 Å². The minimum Gasteiger partial charge on any atom is -0.340 e. The van der Waals surface area contributed by atoms with Crippen LogP contribution in [0.5, 0.6) is 0 Å². The molecule has 0 fully saturated rings. The van der Waals surface area contributed by atoms with Gasteiger partial charge < -0.3 is 4.57 Å². The first kappa shape index (κ1) is 16.8. The molecular formula is C19H18N2O4S. The summed E-state index contributed by atoms with van der Waals surface area (Å²) in [7, 11) is -3.06. The lowest BCUT2D eigenvalue weighted by atomic mass is 10.1. The lowest BCUT2D eigenvalue weighted by molar-refractivity contribution is 0.0706. The molecule has 1 aromatic heterocycles. The van der Waals surface area contributed by atoms with E-state index in [4.69, 9.17) is 5.21 Å². The Morgan fingerprint density at radius 2 is 1.96 bits per heavy atom. The largest absolute Gasteiger partial charge is 0.340 e. The molecule has 3 aromatic rings. The van der Waals surface area contributed by atoms with Crippen LogP contribution in [0.2, 0.25) is 0 Å². The van der Waals surface area contributed by atoms with Crippen LogP contribution >= 0.6 is 0 Å². The number of benzene rings is 2. The van der Waals surface area contributed by atoms with Crippen LogP contribution in [0, 0.1) is 0 Å². The molecule has 0 atom stereocenters. The molecule has 134 valence electrons. The van der Waals surface area contributed by atoms with Gasteiger partial charge in [-0.3, -0.25) is 10.0 Å². The number of carbonyl (C=O) groups is 1. The van der Waals surface area contributed by atoms with Crippen LogP contribution in [0.25, 0.3) is 10.9 Å². The highest BCUT2D eigenvalue weighted by Gasteiger charge is 2.27. The van der Waals surface area contributed by atoms with Crippen molar-refractivity contribution in [3.05, 3.63) is 70.9 Å². The van der Waals surface area contributed by atoms with E-state index in [0.29, 0.717) is 18.5 Å². The maximum absolute atomic E-state index is 12.1. The minimum atomic E-state index is -3.06. The van der Waals surface area contributed by atoms with Gasteiger partial charge in [0.2, 0.25) is 0 Å². The topological polar surface area (TPSA) is 88.4 Å². The smallest absolute Gasteiger partial charge is 0.274 e. The van der Waals surface area contributed by atoms with E-state index in [2.05, 4.69) is 4.57 Å². The highest BCUT2D eigenvalue weighted by atomic mass is 32.2. The fraction of sp³-hybridized carbons (Fsp3) is 0.211. The predicted molar refractivity (Wildman–Crippen MR) is 97.9 cm³/mol. The van der Waals surface area contributed by atoms with Crippen LogP contribution in [0.4, 0.5) is 0 Å². The van der Waals surface area contributed by atoms with Gasteiger partial charge in [0.15, 0.2) is 9.84 Å². The van der Waals surface area contributed by atoms with Crippen LogP contribution in [0.1, 0.15) is 27.2 Å². The van der Waals surface area contributed by atoms with E-state index in [9.17, 15) is 13.2 Å². The molecule has 0 saturated heterocycles. The zero-order valence-corrected chi connectivity index (χ0v) is 14.8. The third-order valence-electron chi connectivity index (χ3n) is 4.84. The number of hydrogen-bond donors (Lipinski definition) is 2. The maximum atomic E-state index is 12.1. The Morgan fingerprint density at radius 3 is 2.77 bits per heavy atom. The van der Waals surface area contributed by atoms with E-state index in [0.717, 1.165) is 27.7 Å². The van der Waals surface area contributed by atoms with Crippen molar-refractivity contribution in [3.63, 3.8) is 0 Å². The molecule has 4 rings (SSSR count). The molecule has 2 aromatic carbocycles. The molecule has 0 saturated carbocycles. The van der Waals surface area contributed by atoms with Crippen molar-refractivity contribution in [2.24, 2.45) is 0 Å². The zero-order chi connectivity index (χ0) is 18.3. The molecule has 0 unspecified atom stereocenters. The Kier molecular flexibility index (Phi) is 4.05. The molecule has 26 heavy (non-hydrogen) atoms. The van der Waals surface area contributed by atoms with Gasteiger partial charge in [-0.25, -0.2) is 13.9 Å². The van der Waals surface area contributed by atoms with Crippen LogP contribution < -0.4 is 5.48 Å². The Bertz CT molecular complexity index is 1120. The molecule has 0 bridgehead atoms. The van der Waals surface area contributed by atoms with Gasteiger partial charge in [0.25, 0.3) is 5.91 Å². The predicted octanol–water partition coefficient (Wildman–Crippen LogP) is 2.28. The van der Waals surface area contributed by atoms with Crippen LogP contribution in [0.3, 0.4) is 0 Å². The number of sulfone groups is 1. The number of fused-ring (bicyclic) bond motifs is 3. The molecule has 1 aliphatic rings. The number of nitrogens with one attached hydrogen (secondary N) is 1. The number of carbonyl (C=O) groups excluding carboxylic acids is 1. The third-order valence-corrected chi connectivity index (χ3v) is 6.39. The molecule has 7 heteroatoms. The summed E-state index contributed by atoms with van der Waals surface area (Å²) in [5, 5.41) is 9.79. The van der Waals surface area contributed by atoms with Crippen LogP contribution in [0.15, 0.2) is 48.5 Å². The second-order valence-electron chi connectivity index (χ2n) is 6.51. The van der Waals surface area contributed by atoms with E-state index in [1.807, 2.05) is 30.3 Å². The molecule has 2 N–H and O–H groups in total. The van der Waals surface area contributed by atoms with Crippen molar-refractivity contribution in [2.75, 3.05) is 5.75 Å². The Hall–Kier alpha value is -2.64. The van der Waals surface area contributed by atoms with Crippen molar-refractivity contribution in [3.8, 4) is 0 Å². The van der Waals surface area contributed by atoms with Gasteiger partial charge in [-0.05, 0) is 29.3 Å². The van der Waals surface area contributed by atoms with Crippen molar-refractivity contribution in [1.29, 1.82) is 0 Å². The lowest BCUT2D eigenvalue weighted by Crippen LogP contribution is -2.21. The summed E-state index contributed by atoms with van der Waals surface area (Å²) in [6.45, 7) is 0.530. The van der Waals surface area contributed by atoms with Crippen molar-refractivity contribution >= 4 is 26.6 Å². The normalized spacial score (nSPS) is 15.6. The Labute approximate surface area is 150 Å². The monoisotopic (exact) mass is 370 g/mol. The van der Waals surface area contributed by atoms with Gasteiger partial charge in [-0.2, -0.15) is 0 Å². The van der Waals surface area contributed by atoms with Crippen molar-refractivity contribution in [2.45, 2.75) is 18.7 Å². The van der Waals surface area contributed by atoms with Gasteiger partial charge in [0, 0.05) is 35.1 Å². The molecule has 0 radical (unpaired) electrons. The second kappa shape index (κ2) is 6.26. The maximum Gasteiger partial charge on any atom is 0.274 e. The SMILES string of the molecule is O=C(NO)c1cccc(Cn2c3c(c4ccccc42)CS(=O)(=O)CC3)c1. The fourth-order valence-electron chi connectivity index (χ4n) is 3.66. The summed E-state index contributed by atoms with van der Waals surface area (Å²) in [4.78, 5) is 11.7. The second-order valence-corrected chi connectivity index (χ2v) is 8.70. The van der Waals surface area contributed by atoms with E-state index in [-0.39, 0.29) is 11.5 Å². The number of hydroxylamine groups is 1. The first-order chi connectivity index (χ1) is 12.5. The summed E-state index contributed by atoms with van der Waals surface area (Å²) in [6.07, 6.45) is 0.489. The average molecular weight is 370 g/mol. The average Bonchev–Trinajstić information content (AvgIpc) is 2.93. The van der Waals surface area contributed by atoms with Gasteiger partial charge in [0.05, 0.1) is 11.5 Å². The van der Waals surface area contributed by atoms with Crippen LogP contribution in [-0.4, -0.2) is 29.9 Å². The quantitative estimate of drug-likeness (QED) is 0.547. The fourth-order valence-corrected chi connectivity index (χ4v) is 5.07. The van der Waals surface area contributed by atoms with Gasteiger partial charge in [0.1, 0.15) is 0 Å². The third kappa shape index (κ3) is 2.89. The van der Waals surface area contributed by atoms with E-state index >= 15 is 0 Å². The molecule has 2 heterocycles. The van der Waals surface area contributed by atoms with Crippen molar-refractivity contribution in [1.82, 2.24) is 10.0 Å². The molecule has 1 aliphatic heterocycles. The zero-order valence-electron chi connectivity index (χ0n) is 14.0. The summed E-state index contributed by atoms with van der Waals surface area (Å²) in [6, 6.07) is 14.8.